The van der Waals surface area contributed by atoms with Crippen molar-refractivity contribution in [3.63, 3.8) is 0 Å². The summed E-state index contributed by atoms with van der Waals surface area (Å²) >= 11 is 4.92. The highest BCUT2D eigenvalue weighted by Gasteiger charge is 2.30. The van der Waals surface area contributed by atoms with E-state index in [1.165, 1.54) is 12.4 Å². The maximum atomic E-state index is 11.4. The molecule has 0 radical (unpaired) electrons. The first-order valence-corrected chi connectivity index (χ1v) is 5.76. The monoisotopic (exact) mass is 267 g/mol. The molecule has 96 valence electrons. The highest BCUT2D eigenvalue weighted by atomic mass is 32.1. The Morgan fingerprint density at radius 2 is 2.17 bits per heavy atom. The number of hydrogen-bond donors (Lipinski definition) is 2. The molecule has 0 aromatic carbocycles. The molecule has 4 N–H and O–H groups in total. The number of nitrogens with zero attached hydrogens (tertiary/aromatic N) is 3. The summed E-state index contributed by atoms with van der Waals surface area (Å²) in [4.78, 5) is 21.5. The van der Waals surface area contributed by atoms with E-state index >= 15 is 0 Å². The van der Waals surface area contributed by atoms with Gasteiger partial charge < -0.3 is 21.1 Å². The number of aromatic nitrogens is 2. The van der Waals surface area contributed by atoms with Gasteiger partial charge in [0, 0.05) is 18.9 Å². The predicted molar refractivity (Wildman–Crippen MR) is 69.1 cm³/mol. The van der Waals surface area contributed by atoms with E-state index in [2.05, 4.69) is 9.97 Å². The molecular formula is C10H13N5O2S. The second-order valence-corrected chi connectivity index (χ2v) is 4.22. The lowest BCUT2D eigenvalue weighted by Gasteiger charge is -2.34. The molecule has 0 spiro atoms. The fourth-order valence-corrected chi connectivity index (χ4v) is 1.95. The van der Waals surface area contributed by atoms with E-state index in [1.807, 2.05) is 0 Å². The first-order chi connectivity index (χ1) is 8.61. The van der Waals surface area contributed by atoms with Gasteiger partial charge in [0.1, 0.15) is 16.7 Å². The highest BCUT2D eigenvalue weighted by molar-refractivity contribution is 7.80. The van der Waals surface area contributed by atoms with Crippen LogP contribution in [0.25, 0.3) is 0 Å². The lowest BCUT2D eigenvalue weighted by Crippen LogP contribution is -2.53. The molecule has 1 atom stereocenters. The number of anilines is 1. The third-order valence-corrected chi connectivity index (χ3v) is 2.83. The minimum absolute atomic E-state index is 0.132. The lowest BCUT2D eigenvalue weighted by atomic mass is 10.2. The summed E-state index contributed by atoms with van der Waals surface area (Å²) in [5, 5.41) is 0. The van der Waals surface area contributed by atoms with Gasteiger partial charge in [-0.25, -0.2) is 9.97 Å². The van der Waals surface area contributed by atoms with Gasteiger partial charge in [-0.3, -0.25) is 4.79 Å². The van der Waals surface area contributed by atoms with Crippen LogP contribution in [0.15, 0.2) is 12.4 Å². The summed E-state index contributed by atoms with van der Waals surface area (Å²) in [7, 11) is 0. The Morgan fingerprint density at radius 3 is 2.83 bits per heavy atom. The van der Waals surface area contributed by atoms with E-state index in [-0.39, 0.29) is 11.6 Å². The minimum Gasteiger partial charge on any atom is -0.388 e. The molecule has 7 nitrogen and oxygen atoms in total. The topological polar surface area (TPSA) is 107 Å². The summed E-state index contributed by atoms with van der Waals surface area (Å²) < 4.78 is 5.24. The molecule has 1 saturated heterocycles. The van der Waals surface area contributed by atoms with Crippen molar-refractivity contribution in [1.82, 2.24) is 9.97 Å². The van der Waals surface area contributed by atoms with Crippen molar-refractivity contribution >= 4 is 28.9 Å². The van der Waals surface area contributed by atoms with E-state index in [1.54, 1.807) is 4.90 Å². The maximum Gasteiger partial charge on any atom is 0.242 e. The van der Waals surface area contributed by atoms with Gasteiger partial charge in [0.15, 0.2) is 5.82 Å². The van der Waals surface area contributed by atoms with Crippen molar-refractivity contribution in [3.8, 4) is 0 Å². The van der Waals surface area contributed by atoms with Crippen LogP contribution in [0.1, 0.15) is 5.69 Å². The zero-order chi connectivity index (χ0) is 13.1. The van der Waals surface area contributed by atoms with E-state index < -0.39 is 11.9 Å². The van der Waals surface area contributed by atoms with E-state index in [0.717, 1.165) is 0 Å². The number of carbonyl (C=O) groups excluding carboxylic acids is 1. The minimum atomic E-state index is -0.580. The van der Waals surface area contributed by atoms with Gasteiger partial charge in [0.05, 0.1) is 13.2 Å². The molecule has 2 rings (SSSR count). The zero-order valence-corrected chi connectivity index (χ0v) is 10.4. The number of carbonyl (C=O) groups is 1. The van der Waals surface area contributed by atoms with Gasteiger partial charge in [-0.2, -0.15) is 0 Å². The van der Waals surface area contributed by atoms with Crippen molar-refractivity contribution < 1.29 is 9.53 Å². The summed E-state index contributed by atoms with van der Waals surface area (Å²) in [6.07, 6.45) is 3.02. The molecular weight excluding hydrogens is 254 g/mol. The Morgan fingerprint density at radius 1 is 1.44 bits per heavy atom. The molecule has 1 amide bonds. The van der Waals surface area contributed by atoms with Gasteiger partial charge in [-0.05, 0) is 0 Å². The van der Waals surface area contributed by atoms with Crippen LogP contribution in [0.2, 0.25) is 0 Å². The van der Waals surface area contributed by atoms with Gasteiger partial charge in [-0.15, -0.1) is 0 Å². The summed E-state index contributed by atoms with van der Waals surface area (Å²) in [6, 6.07) is -0.580. The number of ether oxygens (including phenoxy) is 1. The largest absolute Gasteiger partial charge is 0.388 e. The molecule has 1 aromatic heterocycles. The Labute approximate surface area is 109 Å². The third kappa shape index (κ3) is 2.39. The molecule has 1 aliphatic heterocycles. The Kier molecular flexibility index (Phi) is 3.68. The fraction of sp³-hybridized carbons (Fsp3) is 0.400. The number of morpholine rings is 1. The summed E-state index contributed by atoms with van der Waals surface area (Å²) in [5.41, 5.74) is 11.3. The second-order valence-electron chi connectivity index (χ2n) is 3.78. The lowest BCUT2D eigenvalue weighted by molar-refractivity contribution is -0.121. The molecule has 1 aromatic rings. The van der Waals surface area contributed by atoms with Crippen molar-refractivity contribution in [3.05, 3.63) is 18.1 Å². The van der Waals surface area contributed by atoms with Crippen LogP contribution in [0.4, 0.5) is 5.82 Å². The second kappa shape index (κ2) is 5.23. The number of nitrogens with two attached hydrogens (primary N) is 2. The van der Waals surface area contributed by atoms with Gasteiger partial charge in [0.2, 0.25) is 5.91 Å². The van der Waals surface area contributed by atoms with Gasteiger partial charge >= 0.3 is 0 Å². The van der Waals surface area contributed by atoms with Crippen LogP contribution in [0.5, 0.6) is 0 Å². The molecule has 0 bridgehead atoms. The molecule has 8 heteroatoms. The third-order valence-electron chi connectivity index (χ3n) is 2.64. The van der Waals surface area contributed by atoms with Crippen LogP contribution < -0.4 is 16.4 Å². The van der Waals surface area contributed by atoms with E-state index in [0.29, 0.717) is 24.7 Å². The molecule has 0 saturated carbocycles. The van der Waals surface area contributed by atoms with Crippen LogP contribution in [0, 0.1) is 0 Å². The molecule has 1 fully saturated rings. The van der Waals surface area contributed by atoms with E-state index in [9.17, 15) is 4.79 Å². The number of rotatable bonds is 3. The summed E-state index contributed by atoms with van der Waals surface area (Å²) in [6.45, 7) is 1.20. The van der Waals surface area contributed by atoms with Crippen molar-refractivity contribution in [1.29, 1.82) is 0 Å². The predicted octanol–water partition coefficient (Wildman–Crippen LogP) is -1.20. The van der Waals surface area contributed by atoms with Gasteiger partial charge in [-0.1, -0.05) is 12.2 Å². The van der Waals surface area contributed by atoms with Crippen molar-refractivity contribution in [2.75, 3.05) is 24.7 Å². The number of primary amides is 1. The van der Waals surface area contributed by atoms with Crippen LogP contribution in [-0.4, -0.2) is 46.7 Å². The van der Waals surface area contributed by atoms with Crippen molar-refractivity contribution in [2.45, 2.75) is 6.04 Å². The Balaban J connectivity index is 2.39. The van der Waals surface area contributed by atoms with Crippen LogP contribution in [-0.2, 0) is 9.53 Å². The fourth-order valence-electron chi connectivity index (χ4n) is 1.81. The maximum absolute atomic E-state index is 11.4. The quantitative estimate of drug-likeness (QED) is 0.662. The van der Waals surface area contributed by atoms with Crippen LogP contribution >= 0.6 is 12.2 Å². The molecule has 0 aliphatic carbocycles. The SMILES string of the molecule is NC(=O)C1COCCN1c1nccnc1C(N)=S. The number of amides is 1. The van der Waals surface area contributed by atoms with Crippen LogP contribution in [0.3, 0.4) is 0 Å². The standard InChI is InChI=1S/C10H13N5O2S/c11-8(16)6-5-17-4-3-15(6)10-7(9(12)18)13-1-2-14-10/h1-2,6H,3-5H2,(H2,11,16)(H2,12,18). The van der Waals surface area contributed by atoms with Gasteiger partial charge in [0.25, 0.3) is 0 Å². The smallest absolute Gasteiger partial charge is 0.242 e. The first kappa shape index (κ1) is 12.7. The number of hydrogen-bond acceptors (Lipinski definition) is 6. The van der Waals surface area contributed by atoms with E-state index in [4.69, 9.17) is 28.4 Å². The Hall–Kier alpha value is -1.80. The Bertz CT molecular complexity index is 481. The first-order valence-electron chi connectivity index (χ1n) is 5.35. The highest BCUT2D eigenvalue weighted by Crippen LogP contribution is 2.20. The number of thiocarbonyl (C=S) groups is 1. The molecule has 2 heterocycles. The normalized spacial score (nSPS) is 19.6. The molecule has 1 aliphatic rings. The summed E-state index contributed by atoms with van der Waals surface area (Å²) in [5.74, 6) is -0.00802. The van der Waals surface area contributed by atoms with Crippen molar-refractivity contribution in [2.24, 2.45) is 11.5 Å². The average molecular weight is 267 g/mol. The molecule has 18 heavy (non-hydrogen) atoms. The molecule has 1 unspecified atom stereocenters. The average Bonchev–Trinajstić information content (AvgIpc) is 2.38. The zero-order valence-electron chi connectivity index (χ0n) is 9.57.